The van der Waals surface area contributed by atoms with Gasteiger partial charge in [0.15, 0.2) is 6.10 Å². The van der Waals surface area contributed by atoms with E-state index in [2.05, 4.69) is 21.1 Å². The Kier molecular flexibility index (Phi) is 8.10. The molecular weight excluding hydrogens is 644 g/mol. The topological polar surface area (TPSA) is 76.8 Å². The molecule has 7 nitrogen and oxygen atoms in total. The zero-order chi connectivity index (χ0) is 27.9. The lowest BCUT2D eigenvalue weighted by Gasteiger charge is -2.31. The van der Waals surface area contributed by atoms with Gasteiger partial charge in [-0.2, -0.15) is 13.2 Å². The molecule has 0 saturated carbocycles. The normalized spacial score (nSPS) is 18.3. The number of carbonyl (C=O) groups excluding carboxylic acids is 1. The van der Waals surface area contributed by atoms with E-state index in [9.17, 15) is 22.8 Å². The van der Waals surface area contributed by atoms with Crippen molar-refractivity contribution in [3.05, 3.63) is 82.5 Å². The quantitative estimate of drug-likeness (QED) is 0.306. The first-order chi connectivity index (χ1) is 18.5. The molecule has 1 saturated heterocycles. The van der Waals surface area contributed by atoms with Crippen molar-refractivity contribution < 1.29 is 22.8 Å². The van der Waals surface area contributed by atoms with Crippen LogP contribution in [0.2, 0.25) is 10.0 Å². The van der Waals surface area contributed by atoms with E-state index in [4.69, 9.17) is 33.0 Å². The van der Waals surface area contributed by atoms with Crippen LogP contribution in [0, 0.1) is 0 Å². The molecular formula is C25H20BrCl2F3N4O3S. The predicted molar refractivity (Wildman–Crippen MR) is 146 cm³/mol. The number of halogens is 6. The highest BCUT2D eigenvalue weighted by Crippen LogP contribution is 2.35. The summed E-state index contributed by atoms with van der Waals surface area (Å²) in [7, 11) is 0. The summed E-state index contributed by atoms with van der Waals surface area (Å²) in [5, 5.41) is 7.99. The minimum Gasteiger partial charge on any atom is -0.387 e. The number of hydrogen-bond donors (Lipinski definition) is 0. The number of thiazole rings is 1. The lowest BCUT2D eigenvalue weighted by atomic mass is 9.97. The molecule has 1 aromatic carbocycles. The maximum atomic E-state index is 13.1. The number of likely N-dealkylation sites (tertiary alicyclic amines) is 1. The van der Waals surface area contributed by atoms with E-state index in [1.54, 1.807) is 17.0 Å². The summed E-state index contributed by atoms with van der Waals surface area (Å²) in [4.78, 5) is 37.0. The first-order valence-corrected chi connectivity index (χ1v) is 14.3. The Morgan fingerprint density at radius 3 is 2.62 bits per heavy atom. The van der Waals surface area contributed by atoms with Gasteiger partial charge in [0.25, 0.3) is 5.56 Å². The Bertz CT molecular complexity index is 1500. The molecule has 2 aliphatic rings. The van der Waals surface area contributed by atoms with Crippen LogP contribution >= 0.6 is 50.5 Å². The summed E-state index contributed by atoms with van der Waals surface area (Å²) in [6, 6.07) is 6.04. The average molecular weight is 664 g/mol. The molecule has 2 aliphatic heterocycles. The number of piperidine rings is 1. The summed E-state index contributed by atoms with van der Waals surface area (Å²) in [5.41, 5.74) is 0.655. The third-order valence-electron chi connectivity index (χ3n) is 6.67. The molecule has 0 N–H and O–H groups in total. The minimum absolute atomic E-state index is 0.131. The van der Waals surface area contributed by atoms with Crippen molar-refractivity contribution in [3.63, 3.8) is 0 Å². The number of nitrogens with zero attached hydrogens (tertiary/aromatic N) is 4. The Morgan fingerprint density at radius 1 is 1.18 bits per heavy atom. The molecule has 0 radical (unpaired) electrons. The van der Waals surface area contributed by atoms with Gasteiger partial charge < -0.3 is 14.3 Å². The van der Waals surface area contributed by atoms with Crippen LogP contribution in [-0.2, 0) is 22.4 Å². The van der Waals surface area contributed by atoms with Crippen molar-refractivity contribution in [2.45, 2.75) is 44.0 Å². The van der Waals surface area contributed by atoms with Gasteiger partial charge in [0.05, 0.1) is 30.8 Å². The largest absolute Gasteiger partial charge is 0.417 e. The zero-order valence-electron chi connectivity index (χ0n) is 20.1. The van der Waals surface area contributed by atoms with Crippen LogP contribution < -0.4 is 5.56 Å². The molecule has 206 valence electrons. The van der Waals surface area contributed by atoms with E-state index in [-0.39, 0.29) is 16.5 Å². The summed E-state index contributed by atoms with van der Waals surface area (Å²) < 4.78 is 40.0. The lowest BCUT2D eigenvalue weighted by Crippen LogP contribution is -2.41. The second-order valence-electron chi connectivity index (χ2n) is 9.24. The maximum Gasteiger partial charge on any atom is 0.417 e. The highest BCUT2D eigenvalue weighted by molar-refractivity contribution is 9.10. The van der Waals surface area contributed by atoms with Gasteiger partial charge >= 0.3 is 6.18 Å². The van der Waals surface area contributed by atoms with Crippen LogP contribution in [0.15, 0.2) is 50.3 Å². The van der Waals surface area contributed by atoms with Crippen LogP contribution in [-0.4, -0.2) is 39.2 Å². The molecule has 14 heteroatoms. The Morgan fingerprint density at radius 2 is 1.92 bits per heavy atom. The van der Waals surface area contributed by atoms with Crippen LogP contribution in [0.5, 0.6) is 0 Å². The molecule has 1 fully saturated rings. The van der Waals surface area contributed by atoms with Gasteiger partial charge in [-0.1, -0.05) is 34.4 Å². The molecule has 3 aromatic rings. The van der Waals surface area contributed by atoms with E-state index in [1.807, 2.05) is 11.4 Å². The molecule has 39 heavy (non-hydrogen) atoms. The highest BCUT2D eigenvalue weighted by Gasteiger charge is 2.33. The van der Waals surface area contributed by atoms with Gasteiger partial charge in [0, 0.05) is 37.0 Å². The molecule has 5 rings (SSSR count). The maximum absolute atomic E-state index is 13.1. The first-order valence-electron chi connectivity index (χ1n) is 11.9. The SMILES string of the molecule is O=C(Cn1cc(C(F)(F)F)cc(Br)c1=O)N1CCC(c2nc(C3=NOC(c4ccc(Cl)c(Cl)c4)C3)cs2)CC1. The van der Waals surface area contributed by atoms with Crippen molar-refractivity contribution in [1.29, 1.82) is 0 Å². The van der Waals surface area contributed by atoms with Crippen LogP contribution in [0.4, 0.5) is 13.2 Å². The zero-order valence-corrected chi connectivity index (χ0v) is 24.0. The molecule has 0 spiro atoms. The van der Waals surface area contributed by atoms with E-state index < -0.39 is 29.8 Å². The smallest absolute Gasteiger partial charge is 0.387 e. The van der Waals surface area contributed by atoms with E-state index >= 15 is 0 Å². The van der Waals surface area contributed by atoms with Crippen molar-refractivity contribution >= 4 is 62.1 Å². The third kappa shape index (κ3) is 6.18. The standard InChI is InChI=1S/C25H20BrCl2F3N4O3S/c26-16-8-15(25(29,30)31)10-35(24(16)37)11-22(36)34-5-3-13(4-6-34)23-32-20(12-39-23)19-9-21(38-33-19)14-1-2-17(27)18(28)7-14/h1-2,7-8,10,12-13,21H,3-6,9,11H2. The van der Waals surface area contributed by atoms with Crippen molar-refractivity contribution in [2.75, 3.05) is 13.1 Å². The second-order valence-corrected chi connectivity index (χ2v) is 11.8. The number of aromatic nitrogens is 2. The van der Waals surface area contributed by atoms with Crippen molar-refractivity contribution in [1.82, 2.24) is 14.5 Å². The fourth-order valence-corrected chi connectivity index (χ4v) is 6.30. The van der Waals surface area contributed by atoms with Gasteiger partial charge in [0.2, 0.25) is 5.91 Å². The number of pyridine rings is 1. The van der Waals surface area contributed by atoms with Gasteiger partial charge in [-0.05, 0) is 52.5 Å². The van der Waals surface area contributed by atoms with E-state index in [1.165, 1.54) is 11.3 Å². The van der Waals surface area contributed by atoms with E-state index in [0.29, 0.717) is 54.7 Å². The minimum atomic E-state index is -4.63. The molecule has 4 heterocycles. The summed E-state index contributed by atoms with van der Waals surface area (Å²) in [5.74, 6) is -0.278. The monoisotopic (exact) mass is 662 g/mol. The van der Waals surface area contributed by atoms with Crippen LogP contribution in [0.1, 0.15) is 53.1 Å². The number of benzene rings is 1. The van der Waals surface area contributed by atoms with Crippen molar-refractivity contribution in [2.24, 2.45) is 5.16 Å². The van der Waals surface area contributed by atoms with Gasteiger partial charge in [-0.15, -0.1) is 11.3 Å². The number of amides is 1. The van der Waals surface area contributed by atoms with Gasteiger partial charge in [0.1, 0.15) is 12.3 Å². The Labute approximate surface area is 243 Å². The number of hydrogen-bond acceptors (Lipinski definition) is 6. The van der Waals surface area contributed by atoms with Crippen molar-refractivity contribution in [3.8, 4) is 0 Å². The Balaban J connectivity index is 1.18. The number of carbonyl (C=O) groups is 1. The molecule has 1 unspecified atom stereocenters. The van der Waals surface area contributed by atoms with Crippen LogP contribution in [0.3, 0.4) is 0 Å². The third-order valence-corrected chi connectivity index (χ3v) is 8.99. The molecule has 0 bridgehead atoms. The molecule has 2 aromatic heterocycles. The second kappa shape index (κ2) is 11.2. The molecule has 1 atom stereocenters. The lowest BCUT2D eigenvalue weighted by molar-refractivity contribution is -0.139. The predicted octanol–water partition coefficient (Wildman–Crippen LogP) is 6.66. The molecule has 1 amide bonds. The summed E-state index contributed by atoms with van der Waals surface area (Å²) in [6.07, 6.45) is -2.40. The first kappa shape index (κ1) is 28.1. The fourth-order valence-electron chi connectivity index (χ4n) is 4.52. The fraction of sp³-hybridized carbons (Fsp3) is 0.360. The average Bonchev–Trinajstić information content (AvgIpc) is 3.58. The number of alkyl halides is 3. The van der Waals surface area contributed by atoms with Gasteiger partial charge in [-0.3, -0.25) is 9.59 Å². The van der Waals surface area contributed by atoms with Crippen LogP contribution in [0.25, 0.3) is 0 Å². The Hall–Kier alpha value is -2.41. The summed E-state index contributed by atoms with van der Waals surface area (Å²) >= 11 is 16.5. The van der Waals surface area contributed by atoms with Gasteiger partial charge in [-0.25, -0.2) is 4.98 Å². The summed E-state index contributed by atoms with van der Waals surface area (Å²) in [6.45, 7) is 0.362. The highest BCUT2D eigenvalue weighted by atomic mass is 79.9. The number of oxime groups is 1. The van der Waals surface area contributed by atoms with E-state index in [0.717, 1.165) is 26.5 Å². The molecule has 0 aliphatic carbocycles. The number of rotatable bonds is 5.